The highest BCUT2D eigenvalue weighted by Crippen LogP contribution is 2.48. The standard InChI is InChI=1S/C12H17N/c1-9-3-4-10(2)11(7-9)12(8-13)5-6-12/h3-4,7H,5-6,8,13H2,1-2H3. The van der Waals surface area contributed by atoms with E-state index in [0.717, 1.165) is 6.54 Å². The van der Waals surface area contributed by atoms with Crippen LogP contribution in [-0.4, -0.2) is 6.54 Å². The molecule has 0 unspecified atom stereocenters. The van der Waals surface area contributed by atoms with Crippen molar-refractivity contribution in [2.75, 3.05) is 6.54 Å². The van der Waals surface area contributed by atoms with Crippen molar-refractivity contribution >= 4 is 0 Å². The molecule has 0 radical (unpaired) electrons. The van der Waals surface area contributed by atoms with E-state index >= 15 is 0 Å². The summed E-state index contributed by atoms with van der Waals surface area (Å²) >= 11 is 0. The Hall–Kier alpha value is -0.820. The van der Waals surface area contributed by atoms with E-state index in [2.05, 4.69) is 32.0 Å². The van der Waals surface area contributed by atoms with Crippen LogP contribution in [0.4, 0.5) is 0 Å². The molecule has 1 saturated carbocycles. The first-order valence-corrected chi connectivity index (χ1v) is 4.96. The molecular formula is C12H17N. The molecule has 0 aliphatic heterocycles. The number of hydrogen-bond donors (Lipinski definition) is 1. The van der Waals surface area contributed by atoms with Gasteiger partial charge in [0.15, 0.2) is 0 Å². The quantitative estimate of drug-likeness (QED) is 0.733. The second-order valence-electron chi connectivity index (χ2n) is 4.30. The fraction of sp³-hybridized carbons (Fsp3) is 0.500. The summed E-state index contributed by atoms with van der Waals surface area (Å²) in [5.74, 6) is 0. The normalized spacial score (nSPS) is 18.7. The van der Waals surface area contributed by atoms with Gasteiger partial charge in [0.25, 0.3) is 0 Å². The van der Waals surface area contributed by atoms with Crippen molar-refractivity contribution in [1.29, 1.82) is 0 Å². The molecule has 1 fully saturated rings. The Morgan fingerprint density at radius 3 is 2.54 bits per heavy atom. The van der Waals surface area contributed by atoms with E-state index in [0.29, 0.717) is 5.41 Å². The average Bonchev–Trinajstić information content (AvgIpc) is 2.90. The lowest BCUT2D eigenvalue weighted by atomic mass is 9.91. The van der Waals surface area contributed by atoms with E-state index in [-0.39, 0.29) is 0 Å². The van der Waals surface area contributed by atoms with Gasteiger partial charge >= 0.3 is 0 Å². The number of hydrogen-bond acceptors (Lipinski definition) is 1. The Bertz CT molecular complexity index is 324. The maximum absolute atomic E-state index is 5.82. The Morgan fingerprint density at radius 1 is 1.31 bits per heavy atom. The van der Waals surface area contributed by atoms with E-state index in [1.54, 1.807) is 0 Å². The van der Waals surface area contributed by atoms with Crippen molar-refractivity contribution in [1.82, 2.24) is 0 Å². The van der Waals surface area contributed by atoms with Crippen LogP contribution in [0.2, 0.25) is 0 Å². The molecule has 70 valence electrons. The largest absolute Gasteiger partial charge is 0.330 e. The minimum Gasteiger partial charge on any atom is -0.330 e. The number of nitrogens with two attached hydrogens (primary N) is 1. The van der Waals surface area contributed by atoms with Crippen molar-refractivity contribution in [2.24, 2.45) is 5.73 Å². The first-order chi connectivity index (χ1) is 6.18. The van der Waals surface area contributed by atoms with Gasteiger partial charge in [-0.3, -0.25) is 0 Å². The monoisotopic (exact) mass is 175 g/mol. The second-order valence-corrected chi connectivity index (χ2v) is 4.30. The van der Waals surface area contributed by atoms with Crippen LogP contribution in [0.1, 0.15) is 29.5 Å². The highest BCUT2D eigenvalue weighted by Gasteiger charge is 2.43. The smallest absolute Gasteiger partial charge is 0.00789 e. The molecule has 1 aliphatic carbocycles. The van der Waals surface area contributed by atoms with E-state index in [1.165, 1.54) is 29.5 Å². The molecule has 0 aromatic heterocycles. The Balaban J connectivity index is 2.44. The first kappa shape index (κ1) is 8.76. The van der Waals surface area contributed by atoms with Gasteiger partial charge in [-0.1, -0.05) is 23.8 Å². The zero-order valence-electron chi connectivity index (χ0n) is 8.43. The zero-order valence-corrected chi connectivity index (χ0v) is 8.43. The van der Waals surface area contributed by atoms with Gasteiger partial charge in [-0.25, -0.2) is 0 Å². The van der Waals surface area contributed by atoms with E-state index in [9.17, 15) is 0 Å². The lowest BCUT2D eigenvalue weighted by Crippen LogP contribution is -2.20. The molecule has 0 amide bonds. The van der Waals surface area contributed by atoms with Gasteiger partial charge < -0.3 is 5.73 Å². The maximum atomic E-state index is 5.82. The summed E-state index contributed by atoms with van der Waals surface area (Å²) in [5.41, 5.74) is 10.4. The summed E-state index contributed by atoms with van der Waals surface area (Å²) in [6.45, 7) is 5.14. The fourth-order valence-electron chi connectivity index (χ4n) is 2.04. The van der Waals surface area contributed by atoms with Gasteiger partial charge in [0.1, 0.15) is 0 Å². The maximum Gasteiger partial charge on any atom is 0.00789 e. The molecule has 0 spiro atoms. The molecule has 0 atom stereocenters. The van der Waals surface area contributed by atoms with Crippen LogP contribution in [0.5, 0.6) is 0 Å². The van der Waals surface area contributed by atoms with Crippen molar-refractivity contribution in [3.8, 4) is 0 Å². The highest BCUT2D eigenvalue weighted by atomic mass is 14.7. The summed E-state index contributed by atoms with van der Waals surface area (Å²) in [4.78, 5) is 0. The van der Waals surface area contributed by atoms with Crippen molar-refractivity contribution < 1.29 is 0 Å². The highest BCUT2D eigenvalue weighted by molar-refractivity contribution is 5.40. The van der Waals surface area contributed by atoms with Crippen molar-refractivity contribution in [3.05, 3.63) is 34.9 Å². The first-order valence-electron chi connectivity index (χ1n) is 4.96. The van der Waals surface area contributed by atoms with Crippen LogP contribution in [0.15, 0.2) is 18.2 Å². The predicted octanol–water partition coefficient (Wildman–Crippen LogP) is 2.29. The molecule has 2 N–H and O–H groups in total. The van der Waals surface area contributed by atoms with Gasteiger partial charge in [0.05, 0.1) is 0 Å². The minimum absolute atomic E-state index is 0.343. The molecule has 1 aliphatic rings. The lowest BCUT2D eigenvalue weighted by molar-refractivity contribution is 0.698. The van der Waals surface area contributed by atoms with Gasteiger partial charge in [0.2, 0.25) is 0 Å². The Labute approximate surface area is 80.0 Å². The third-order valence-electron chi connectivity index (χ3n) is 3.21. The van der Waals surface area contributed by atoms with Crippen LogP contribution >= 0.6 is 0 Å². The van der Waals surface area contributed by atoms with Crippen LogP contribution < -0.4 is 5.73 Å². The fourth-order valence-corrected chi connectivity index (χ4v) is 2.04. The minimum atomic E-state index is 0.343. The molecule has 0 heterocycles. The molecular weight excluding hydrogens is 158 g/mol. The molecule has 1 nitrogen and oxygen atoms in total. The van der Waals surface area contributed by atoms with E-state index in [1.807, 2.05) is 0 Å². The number of rotatable bonds is 2. The Morgan fingerprint density at radius 2 is 2.00 bits per heavy atom. The third-order valence-corrected chi connectivity index (χ3v) is 3.21. The molecule has 1 aromatic carbocycles. The summed E-state index contributed by atoms with van der Waals surface area (Å²) in [6.07, 6.45) is 2.54. The van der Waals surface area contributed by atoms with Crippen LogP contribution in [-0.2, 0) is 5.41 Å². The van der Waals surface area contributed by atoms with Crippen molar-refractivity contribution in [2.45, 2.75) is 32.1 Å². The summed E-state index contributed by atoms with van der Waals surface area (Å²) < 4.78 is 0. The molecule has 1 heteroatoms. The molecule has 0 saturated heterocycles. The topological polar surface area (TPSA) is 26.0 Å². The van der Waals surface area contributed by atoms with Gasteiger partial charge in [0, 0.05) is 12.0 Å². The summed E-state index contributed by atoms with van der Waals surface area (Å²) in [5, 5.41) is 0. The number of aryl methyl sites for hydroxylation is 2. The van der Waals surface area contributed by atoms with Crippen molar-refractivity contribution in [3.63, 3.8) is 0 Å². The second kappa shape index (κ2) is 2.85. The van der Waals surface area contributed by atoms with Crippen LogP contribution in [0, 0.1) is 13.8 Å². The molecule has 1 aromatic rings. The SMILES string of the molecule is Cc1ccc(C)c(C2(CN)CC2)c1. The van der Waals surface area contributed by atoms with Gasteiger partial charge in [-0.2, -0.15) is 0 Å². The predicted molar refractivity (Wildman–Crippen MR) is 55.9 cm³/mol. The van der Waals surface area contributed by atoms with Gasteiger partial charge in [-0.15, -0.1) is 0 Å². The summed E-state index contributed by atoms with van der Waals surface area (Å²) in [6, 6.07) is 6.68. The van der Waals surface area contributed by atoms with Crippen LogP contribution in [0.25, 0.3) is 0 Å². The van der Waals surface area contributed by atoms with Gasteiger partial charge in [-0.05, 0) is 37.8 Å². The average molecular weight is 175 g/mol. The number of benzene rings is 1. The third kappa shape index (κ3) is 1.37. The summed E-state index contributed by atoms with van der Waals surface area (Å²) in [7, 11) is 0. The van der Waals surface area contributed by atoms with E-state index < -0.39 is 0 Å². The molecule has 13 heavy (non-hydrogen) atoms. The van der Waals surface area contributed by atoms with E-state index in [4.69, 9.17) is 5.73 Å². The van der Waals surface area contributed by atoms with Crippen LogP contribution in [0.3, 0.4) is 0 Å². The Kier molecular flexibility index (Phi) is 1.92. The molecule has 0 bridgehead atoms. The zero-order chi connectivity index (χ0) is 9.47. The lowest BCUT2D eigenvalue weighted by Gasteiger charge is -2.16. The molecule has 2 rings (SSSR count).